The first-order chi connectivity index (χ1) is 9.75. The van der Waals surface area contributed by atoms with Crippen LogP contribution < -0.4 is 5.32 Å². The first-order valence-electron chi connectivity index (χ1n) is 8.44. The van der Waals surface area contributed by atoms with Crippen LogP contribution in [-0.4, -0.2) is 48.2 Å². The fraction of sp³-hybridized carbons (Fsp3) is 0.938. The maximum Gasteiger partial charge on any atom is 0.223 e. The molecule has 2 N–H and O–H groups in total. The molecule has 0 aromatic rings. The van der Waals surface area contributed by atoms with E-state index in [2.05, 4.69) is 10.2 Å². The van der Waals surface area contributed by atoms with Gasteiger partial charge in [0.05, 0.1) is 6.10 Å². The average molecular weight is 282 g/mol. The van der Waals surface area contributed by atoms with Gasteiger partial charge >= 0.3 is 0 Å². The number of nitrogens with one attached hydrogen (secondary N) is 1. The second-order valence-corrected chi connectivity index (χ2v) is 6.41. The Morgan fingerprint density at radius 2 is 1.70 bits per heavy atom. The molecule has 0 spiro atoms. The van der Waals surface area contributed by atoms with Crippen molar-refractivity contribution in [1.82, 2.24) is 10.2 Å². The van der Waals surface area contributed by atoms with E-state index in [1.807, 2.05) is 0 Å². The topological polar surface area (TPSA) is 52.6 Å². The first-order valence-corrected chi connectivity index (χ1v) is 8.44. The minimum atomic E-state index is -0.0961. The molecule has 0 bridgehead atoms. The fourth-order valence-corrected chi connectivity index (χ4v) is 3.34. The minimum absolute atomic E-state index is 0.0961. The summed E-state index contributed by atoms with van der Waals surface area (Å²) in [7, 11) is 0. The highest BCUT2D eigenvalue weighted by Gasteiger charge is 2.20. The van der Waals surface area contributed by atoms with E-state index in [1.54, 1.807) is 0 Å². The van der Waals surface area contributed by atoms with Crippen LogP contribution in [0.15, 0.2) is 0 Å². The predicted octanol–water partition coefficient (Wildman–Crippen LogP) is 1.92. The van der Waals surface area contributed by atoms with Gasteiger partial charge in [-0.25, -0.2) is 0 Å². The van der Waals surface area contributed by atoms with Gasteiger partial charge in [-0.05, 0) is 38.6 Å². The smallest absolute Gasteiger partial charge is 0.223 e. The van der Waals surface area contributed by atoms with Gasteiger partial charge < -0.3 is 15.3 Å². The number of amides is 1. The second-order valence-electron chi connectivity index (χ2n) is 6.41. The Morgan fingerprint density at radius 1 is 1.05 bits per heavy atom. The molecule has 0 aromatic heterocycles. The number of aliphatic hydroxyl groups excluding tert-OH is 1. The molecule has 2 aliphatic rings. The lowest BCUT2D eigenvalue weighted by Gasteiger charge is -2.29. The van der Waals surface area contributed by atoms with Crippen LogP contribution in [0.5, 0.6) is 0 Å². The number of rotatable bonds is 5. The maximum atomic E-state index is 12.1. The third kappa shape index (κ3) is 5.41. The summed E-state index contributed by atoms with van der Waals surface area (Å²) < 4.78 is 0. The van der Waals surface area contributed by atoms with Crippen LogP contribution in [0.1, 0.15) is 57.8 Å². The number of piperidine rings is 1. The van der Waals surface area contributed by atoms with Crippen molar-refractivity contribution >= 4 is 5.91 Å². The molecule has 0 radical (unpaired) electrons. The van der Waals surface area contributed by atoms with Gasteiger partial charge in [-0.1, -0.05) is 25.7 Å². The van der Waals surface area contributed by atoms with E-state index >= 15 is 0 Å². The molecule has 1 saturated carbocycles. The number of carbonyl (C=O) groups is 1. The third-order valence-corrected chi connectivity index (χ3v) is 4.73. The Hall–Kier alpha value is -0.610. The zero-order valence-electron chi connectivity index (χ0n) is 12.6. The molecule has 1 heterocycles. The average Bonchev–Trinajstić information content (AvgIpc) is 2.74. The van der Waals surface area contributed by atoms with E-state index in [1.165, 1.54) is 25.7 Å². The standard InChI is InChI=1S/C16H30N2O2/c19-15-8-12-18(13-9-15)11-5-10-17-16(20)14-6-3-1-2-4-7-14/h14-15,19H,1-13H2,(H,17,20). The van der Waals surface area contributed by atoms with Crippen LogP contribution in [0.3, 0.4) is 0 Å². The second kappa shape index (κ2) is 8.63. The van der Waals surface area contributed by atoms with Crippen LogP contribution in [0.4, 0.5) is 0 Å². The molecule has 4 heteroatoms. The largest absolute Gasteiger partial charge is 0.393 e. The molecular weight excluding hydrogens is 252 g/mol. The van der Waals surface area contributed by atoms with Crippen LogP contribution in [0.2, 0.25) is 0 Å². The van der Waals surface area contributed by atoms with Gasteiger partial charge in [0, 0.05) is 25.6 Å². The molecule has 20 heavy (non-hydrogen) atoms. The van der Waals surface area contributed by atoms with E-state index in [0.29, 0.717) is 0 Å². The first kappa shape index (κ1) is 15.8. The molecule has 116 valence electrons. The van der Waals surface area contributed by atoms with E-state index < -0.39 is 0 Å². The monoisotopic (exact) mass is 282 g/mol. The van der Waals surface area contributed by atoms with Gasteiger partial charge in [0.15, 0.2) is 0 Å². The van der Waals surface area contributed by atoms with Crippen LogP contribution in [0.25, 0.3) is 0 Å². The number of nitrogens with zero attached hydrogens (tertiary/aromatic N) is 1. The number of carbonyl (C=O) groups excluding carboxylic acids is 1. The summed E-state index contributed by atoms with van der Waals surface area (Å²) in [6.45, 7) is 3.83. The Labute approximate surface area is 122 Å². The van der Waals surface area contributed by atoms with E-state index in [9.17, 15) is 9.90 Å². The van der Waals surface area contributed by atoms with Gasteiger partial charge in [-0.15, -0.1) is 0 Å². The molecule has 1 aliphatic carbocycles. The van der Waals surface area contributed by atoms with Crippen LogP contribution in [0, 0.1) is 5.92 Å². The summed E-state index contributed by atoms with van der Waals surface area (Å²) in [5, 5.41) is 12.6. The van der Waals surface area contributed by atoms with Crippen molar-refractivity contribution in [2.45, 2.75) is 63.9 Å². The van der Waals surface area contributed by atoms with Crippen molar-refractivity contribution in [1.29, 1.82) is 0 Å². The Balaban J connectivity index is 1.54. The summed E-state index contributed by atoms with van der Waals surface area (Å²) in [5.41, 5.74) is 0. The van der Waals surface area contributed by atoms with Crippen LogP contribution in [-0.2, 0) is 4.79 Å². The van der Waals surface area contributed by atoms with Gasteiger partial charge in [0.25, 0.3) is 0 Å². The molecular formula is C16H30N2O2. The van der Waals surface area contributed by atoms with E-state index in [4.69, 9.17) is 0 Å². The molecule has 1 saturated heterocycles. The lowest BCUT2D eigenvalue weighted by atomic mass is 9.99. The number of hydrogen-bond donors (Lipinski definition) is 2. The number of likely N-dealkylation sites (tertiary alicyclic amines) is 1. The summed E-state index contributed by atoms with van der Waals surface area (Å²) in [4.78, 5) is 14.5. The fourth-order valence-electron chi connectivity index (χ4n) is 3.34. The Morgan fingerprint density at radius 3 is 2.35 bits per heavy atom. The van der Waals surface area contributed by atoms with Crippen molar-refractivity contribution in [3.8, 4) is 0 Å². The predicted molar refractivity (Wildman–Crippen MR) is 80.5 cm³/mol. The number of hydrogen-bond acceptors (Lipinski definition) is 3. The van der Waals surface area contributed by atoms with Crippen molar-refractivity contribution in [3.63, 3.8) is 0 Å². The van der Waals surface area contributed by atoms with Crippen molar-refractivity contribution in [3.05, 3.63) is 0 Å². The van der Waals surface area contributed by atoms with Crippen molar-refractivity contribution in [2.75, 3.05) is 26.2 Å². The Kier molecular flexibility index (Phi) is 6.80. The van der Waals surface area contributed by atoms with Crippen LogP contribution >= 0.6 is 0 Å². The van der Waals surface area contributed by atoms with Crippen molar-refractivity contribution in [2.24, 2.45) is 5.92 Å². The van der Waals surface area contributed by atoms with E-state index in [-0.39, 0.29) is 17.9 Å². The zero-order valence-corrected chi connectivity index (χ0v) is 12.6. The SMILES string of the molecule is O=C(NCCCN1CCC(O)CC1)C1CCCCCC1. The molecule has 1 amide bonds. The highest BCUT2D eigenvalue weighted by atomic mass is 16.3. The molecule has 1 aliphatic heterocycles. The zero-order chi connectivity index (χ0) is 14.2. The maximum absolute atomic E-state index is 12.1. The lowest BCUT2D eigenvalue weighted by molar-refractivity contribution is -0.125. The van der Waals surface area contributed by atoms with Gasteiger partial charge in [-0.2, -0.15) is 0 Å². The molecule has 0 aromatic carbocycles. The molecule has 0 atom stereocenters. The summed E-state index contributed by atoms with van der Waals surface area (Å²) in [5.74, 6) is 0.545. The molecule has 2 rings (SSSR count). The Bertz CT molecular complexity index is 280. The molecule has 4 nitrogen and oxygen atoms in total. The van der Waals surface area contributed by atoms with Crippen molar-refractivity contribution < 1.29 is 9.90 Å². The lowest BCUT2D eigenvalue weighted by Crippen LogP contribution is -2.38. The quantitative estimate of drug-likeness (QED) is 0.598. The minimum Gasteiger partial charge on any atom is -0.393 e. The van der Waals surface area contributed by atoms with Gasteiger partial charge in [-0.3, -0.25) is 4.79 Å². The summed E-state index contributed by atoms with van der Waals surface area (Å²) in [6, 6.07) is 0. The molecule has 2 fully saturated rings. The third-order valence-electron chi connectivity index (χ3n) is 4.73. The van der Waals surface area contributed by atoms with E-state index in [0.717, 1.165) is 58.3 Å². The summed E-state index contributed by atoms with van der Waals surface area (Å²) >= 11 is 0. The number of aliphatic hydroxyl groups is 1. The highest BCUT2D eigenvalue weighted by molar-refractivity contribution is 5.78. The highest BCUT2D eigenvalue weighted by Crippen LogP contribution is 2.22. The van der Waals surface area contributed by atoms with Gasteiger partial charge in [0.1, 0.15) is 0 Å². The normalized spacial score (nSPS) is 23.4. The van der Waals surface area contributed by atoms with Gasteiger partial charge in [0.2, 0.25) is 5.91 Å². The molecule has 0 unspecified atom stereocenters. The summed E-state index contributed by atoms with van der Waals surface area (Å²) in [6.07, 6.45) is 9.90.